The van der Waals surface area contributed by atoms with Gasteiger partial charge in [0, 0.05) is 17.9 Å². The van der Waals surface area contributed by atoms with Crippen LogP contribution in [0.4, 0.5) is 10.1 Å². The minimum atomic E-state index is -0.371. The molecule has 0 aliphatic carbocycles. The average molecular weight is 323 g/mol. The van der Waals surface area contributed by atoms with Crippen molar-refractivity contribution in [2.24, 2.45) is 0 Å². The van der Waals surface area contributed by atoms with Crippen LogP contribution in [0.2, 0.25) is 0 Å². The molecule has 24 heavy (non-hydrogen) atoms. The van der Waals surface area contributed by atoms with Crippen molar-refractivity contribution < 1.29 is 9.18 Å². The quantitative estimate of drug-likeness (QED) is 0.728. The van der Waals surface area contributed by atoms with Crippen LogP contribution in [0.25, 0.3) is 5.69 Å². The molecule has 0 spiro atoms. The Balaban J connectivity index is 1.95. The van der Waals surface area contributed by atoms with E-state index in [1.54, 1.807) is 22.9 Å². The van der Waals surface area contributed by atoms with Crippen LogP contribution in [0.15, 0.2) is 60.7 Å². The number of nitrogens with zero attached hydrogens (tertiary/aromatic N) is 3. The molecule has 0 saturated heterocycles. The molecule has 2 aromatic carbocycles. The Kier molecular flexibility index (Phi) is 4.42. The molecular weight excluding hydrogens is 305 g/mol. The van der Waals surface area contributed by atoms with Crippen molar-refractivity contribution in [2.45, 2.75) is 13.8 Å². The van der Waals surface area contributed by atoms with Gasteiger partial charge in [0.25, 0.3) is 5.91 Å². The van der Waals surface area contributed by atoms with Crippen molar-refractivity contribution in [3.05, 3.63) is 77.9 Å². The number of carbonyl (C=O) groups excluding carboxylic acids is 1. The summed E-state index contributed by atoms with van der Waals surface area (Å²) in [6, 6.07) is 17.4. The maximum atomic E-state index is 13.5. The summed E-state index contributed by atoms with van der Waals surface area (Å²) < 4.78 is 15.2. The summed E-state index contributed by atoms with van der Waals surface area (Å²) in [4.78, 5) is 14.3. The lowest BCUT2D eigenvalue weighted by Gasteiger charge is -2.19. The van der Waals surface area contributed by atoms with Gasteiger partial charge in [-0.05, 0) is 50.2 Å². The van der Waals surface area contributed by atoms with E-state index in [1.165, 1.54) is 17.0 Å². The second-order valence-corrected chi connectivity index (χ2v) is 5.45. The van der Waals surface area contributed by atoms with Crippen LogP contribution in [0.1, 0.15) is 23.1 Å². The Labute approximate surface area is 140 Å². The fourth-order valence-corrected chi connectivity index (χ4v) is 2.64. The number of hydrogen-bond acceptors (Lipinski definition) is 2. The molecule has 0 N–H and O–H groups in total. The van der Waals surface area contributed by atoms with Gasteiger partial charge < -0.3 is 4.90 Å². The molecule has 3 aromatic rings. The van der Waals surface area contributed by atoms with Crippen molar-refractivity contribution in [3.8, 4) is 5.69 Å². The highest BCUT2D eigenvalue weighted by Gasteiger charge is 2.20. The average Bonchev–Trinajstić information content (AvgIpc) is 2.98. The van der Waals surface area contributed by atoms with Gasteiger partial charge in [0.1, 0.15) is 5.82 Å². The molecule has 0 fully saturated rings. The van der Waals surface area contributed by atoms with Gasteiger partial charge in [0.15, 0.2) is 5.69 Å². The zero-order chi connectivity index (χ0) is 17.1. The Morgan fingerprint density at radius 3 is 2.54 bits per heavy atom. The lowest BCUT2D eigenvalue weighted by molar-refractivity contribution is 0.0983. The van der Waals surface area contributed by atoms with Crippen LogP contribution in [0.5, 0.6) is 0 Å². The molecule has 1 amide bonds. The van der Waals surface area contributed by atoms with E-state index in [2.05, 4.69) is 5.10 Å². The Bertz CT molecular complexity index is 858. The van der Waals surface area contributed by atoms with E-state index in [1.807, 2.05) is 44.2 Å². The standard InChI is InChI=1S/C19H18FN3O/c1-3-22(17-11-7-8-15(20)13-17)19(24)18-12-14(2)23(21-18)16-9-5-4-6-10-16/h4-13H,3H2,1-2H3. The van der Waals surface area contributed by atoms with Gasteiger partial charge in [-0.25, -0.2) is 9.07 Å². The van der Waals surface area contributed by atoms with Crippen LogP contribution in [0, 0.1) is 12.7 Å². The third-order valence-corrected chi connectivity index (χ3v) is 3.79. The van der Waals surface area contributed by atoms with E-state index in [0.717, 1.165) is 11.4 Å². The molecule has 3 rings (SSSR count). The largest absolute Gasteiger partial charge is 0.307 e. The molecule has 5 heteroatoms. The number of aromatic nitrogens is 2. The summed E-state index contributed by atoms with van der Waals surface area (Å²) in [5.74, 6) is -0.620. The van der Waals surface area contributed by atoms with Gasteiger partial charge in [-0.1, -0.05) is 24.3 Å². The maximum Gasteiger partial charge on any atom is 0.278 e. The topological polar surface area (TPSA) is 38.1 Å². The number of carbonyl (C=O) groups is 1. The zero-order valence-electron chi connectivity index (χ0n) is 13.6. The molecule has 0 aliphatic rings. The summed E-state index contributed by atoms with van der Waals surface area (Å²) in [6.07, 6.45) is 0. The first kappa shape index (κ1) is 15.9. The smallest absolute Gasteiger partial charge is 0.278 e. The highest BCUT2D eigenvalue weighted by molar-refractivity contribution is 6.04. The van der Waals surface area contributed by atoms with Crippen molar-refractivity contribution in [1.82, 2.24) is 9.78 Å². The Hall–Kier alpha value is -2.95. The van der Waals surface area contributed by atoms with Gasteiger partial charge in [-0.15, -0.1) is 0 Å². The summed E-state index contributed by atoms with van der Waals surface area (Å²) in [5, 5.41) is 4.43. The molecule has 0 bridgehead atoms. The summed E-state index contributed by atoms with van der Waals surface area (Å²) in [6.45, 7) is 4.18. The highest BCUT2D eigenvalue weighted by atomic mass is 19.1. The normalized spacial score (nSPS) is 10.6. The summed E-state index contributed by atoms with van der Waals surface area (Å²) in [7, 11) is 0. The minimum absolute atomic E-state index is 0.249. The predicted octanol–water partition coefficient (Wildman–Crippen LogP) is 3.99. The molecule has 0 radical (unpaired) electrons. The van der Waals surface area contributed by atoms with Crippen molar-refractivity contribution >= 4 is 11.6 Å². The number of halogens is 1. The third-order valence-electron chi connectivity index (χ3n) is 3.79. The molecule has 1 aromatic heterocycles. The molecule has 1 heterocycles. The lowest BCUT2D eigenvalue weighted by Crippen LogP contribution is -2.31. The number of aryl methyl sites for hydroxylation is 1. The Morgan fingerprint density at radius 1 is 1.12 bits per heavy atom. The molecule has 122 valence electrons. The Morgan fingerprint density at radius 2 is 1.88 bits per heavy atom. The van der Waals surface area contributed by atoms with E-state index in [4.69, 9.17) is 0 Å². The number of benzene rings is 2. The second kappa shape index (κ2) is 6.66. The summed E-state index contributed by atoms with van der Waals surface area (Å²) in [5.41, 5.74) is 2.61. The van der Waals surface area contributed by atoms with Crippen molar-refractivity contribution in [2.75, 3.05) is 11.4 Å². The molecule has 0 saturated carbocycles. The second-order valence-electron chi connectivity index (χ2n) is 5.45. The fraction of sp³-hybridized carbons (Fsp3) is 0.158. The van der Waals surface area contributed by atoms with Crippen LogP contribution < -0.4 is 4.90 Å². The van der Waals surface area contributed by atoms with E-state index < -0.39 is 0 Å². The van der Waals surface area contributed by atoms with Gasteiger partial charge >= 0.3 is 0 Å². The number of hydrogen-bond donors (Lipinski definition) is 0. The molecular formula is C19H18FN3O. The number of rotatable bonds is 4. The van der Waals surface area contributed by atoms with Crippen LogP contribution in [-0.2, 0) is 0 Å². The predicted molar refractivity (Wildman–Crippen MR) is 92.1 cm³/mol. The van der Waals surface area contributed by atoms with E-state index in [-0.39, 0.29) is 11.7 Å². The maximum absolute atomic E-state index is 13.5. The molecule has 0 aliphatic heterocycles. The van der Waals surface area contributed by atoms with E-state index in [9.17, 15) is 9.18 Å². The van der Waals surface area contributed by atoms with Gasteiger partial charge in [0.2, 0.25) is 0 Å². The molecule has 0 unspecified atom stereocenters. The van der Waals surface area contributed by atoms with E-state index >= 15 is 0 Å². The first-order valence-corrected chi connectivity index (χ1v) is 7.79. The monoisotopic (exact) mass is 323 g/mol. The van der Waals surface area contributed by atoms with Gasteiger partial charge in [0.05, 0.1) is 5.69 Å². The van der Waals surface area contributed by atoms with Crippen LogP contribution in [-0.4, -0.2) is 22.2 Å². The number of amides is 1. The number of para-hydroxylation sites is 1. The zero-order valence-corrected chi connectivity index (χ0v) is 13.6. The highest BCUT2D eigenvalue weighted by Crippen LogP contribution is 2.19. The third kappa shape index (κ3) is 3.06. The minimum Gasteiger partial charge on any atom is -0.307 e. The van der Waals surface area contributed by atoms with Crippen molar-refractivity contribution in [3.63, 3.8) is 0 Å². The first-order valence-electron chi connectivity index (χ1n) is 7.79. The molecule has 0 atom stereocenters. The van der Waals surface area contributed by atoms with E-state index in [0.29, 0.717) is 17.9 Å². The first-order chi connectivity index (χ1) is 11.6. The molecule has 4 nitrogen and oxygen atoms in total. The SMILES string of the molecule is CCN(C(=O)c1cc(C)n(-c2ccccc2)n1)c1cccc(F)c1. The van der Waals surface area contributed by atoms with Gasteiger partial charge in [-0.2, -0.15) is 5.10 Å². The van der Waals surface area contributed by atoms with Crippen LogP contribution >= 0.6 is 0 Å². The lowest BCUT2D eigenvalue weighted by atomic mass is 10.2. The van der Waals surface area contributed by atoms with Crippen molar-refractivity contribution in [1.29, 1.82) is 0 Å². The van der Waals surface area contributed by atoms with Gasteiger partial charge in [-0.3, -0.25) is 4.79 Å². The summed E-state index contributed by atoms with van der Waals surface area (Å²) >= 11 is 0. The van der Waals surface area contributed by atoms with Crippen LogP contribution in [0.3, 0.4) is 0 Å². The fourth-order valence-electron chi connectivity index (χ4n) is 2.64. The number of anilines is 1.